The van der Waals surface area contributed by atoms with Gasteiger partial charge >= 0.3 is 0 Å². The van der Waals surface area contributed by atoms with E-state index in [1.54, 1.807) is 19.4 Å². The number of methoxy groups -OCH3 is 1. The van der Waals surface area contributed by atoms with Crippen LogP contribution in [0.4, 0.5) is 0 Å². The number of carbonyl (C=O) groups is 1. The van der Waals surface area contributed by atoms with E-state index in [-0.39, 0.29) is 5.91 Å². The Hall–Kier alpha value is -1.69. The number of hydrogen-bond acceptors (Lipinski definition) is 4. The van der Waals surface area contributed by atoms with Crippen molar-refractivity contribution in [3.63, 3.8) is 0 Å². The number of amides is 1. The Balaban J connectivity index is 1.95. The Kier molecular flexibility index (Phi) is 4.23. The van der Waals surface area contributed by atoms with Gasteiger partial charge in [-0.2, -0.15) is 0 Å². The van der Waals surface area contributed by atoms with Gasteiger partial charge in [-0.25, -0.2) is 4.98 Å². The van der Waals surface area contributed by atoms with Crippen LogP contribution in [0.2, 0.25) is 0 Å². The van der Waals surface area contributed by atoms with Gasteiger partial charge in [-0.3, -0.25) is 4.79 Å². The quantitative estimate of drug-likeness (QED) is 0.803. The van der Waals surface area contributed by atoms with Gasteiger partial charge in [-0.05, 0) is 24.3 Å². The molecule has 2 rings (SSSR count). The lowest BCUT2D eigenvalue weighted by molar-refractivity contribution is -0.133. The Morgan fingerprint density at radius 1 is 1.60 bits per heavy atom. The molecule has 108 valence electrons. The first-order chi connectivity index (χ1) is 9.48. The lowest BCUT2D eigenvalue weighted by Crippen LogP contribution is -2.55. The van der Waals surface area contributed by atoms with Gasteiger partial charge < -0.3 is 15.8 Å². The van der Waals surface area contributed by atoms with Crippen LogP contribution >= 0.6 is 12.2 Å². The molecule has 0 spiro atoms. The molecule has 1 aliphatic rings. The first-order valence-electron chi connectivity index (χ1n) is 6.55. The second-order valence-corrected chi connectivity index (χ2v) is 5.79. The minimum atomic E-state index is -0.658. The summed E-state index contributed by atoms with van der Waals surface area (Å²) in [6.45, 7) is 2.51. The number of rotatable bonds is 5. The molecule has 1 saturated carbocycles. The molecule has 5 nitrogen and oxygen atoms in total. The zero-order chi connectivity index (χ0) is 14.8. The van der Waals surface area contributed by atoms with Gasteiger partial charge in [-0.15, -0.1) is 0 Å². The Morgan fingerprint density at radius 2 is 2.30 bits per heavy atom. The summed E-state index contributed by atoms with van der Waals surface area (Å²) in [6, 6.07) is 3.62. The van der Waals surface area contributed by atoms with Crippen LogP contribution in [0.5, 0.6) is 5.88 Å². The summed E-state index contributed by atoms with van der Waals surface area (Å²) >= 11 is 5.06. The maximum atomic E-state index is 12.3. The van der Waals surface area contributed by atoms with Crippen molar-refractivity contribution >= 4 is 23.1 Å². The highest BCUT2D eigenvalue weighted by molar-refractivity contribution is 7.80. The predicted molar refractivity (Wildman–Crippen MR) is 80.3 cm³/mol. The highest BCUT2D eigenvalue weighted by atomic mass is 32.1. The van der Waals surface area contributed by atoms with Crippen molar-refractivity contribution in [1.82, 2.24) is 10.3 Å². The van der Waals surface area contributed by atoms with Crippen molar-refractivity contribution in [2.24, 2.45) is 17.1 Å². The molecular formula is C14H19N3O2S. The SMILES string of the molecule is COc1ccc(CNC(=O)C2(C(N)=S)CC(C)C2)cn1. The third-order valence-corrected chi connectivity index (χ3v) is 4.15. The molecule has 1 aromatic heterocycles. The molecule has 0 saturated heterocycles. The van der Waals surface area contributed by atoms with Crippen molar-refractivity contribution in [3.05, 3.63) is 23.9 Å². The van der Waals surface area contributed by atoms with Crippen molar-refractivity contribution < 1.29 is 9.53 Å². The number of aromatic nitrogens is 1. The molecule has 1 aromatic rings. The highest BCUT2D eigenvalue weighted by Gasteiger charge is 2.50. The van der Waals surface area contributed by atoms with Crippen LogP contribution in [0.3, 0.4) is 0 Å². The number of carbonyl (C=O) groups excluding carboxylic acids is 1. The van der Waals surface area contributed by atoms with Crippen molar-refractivity contribution in [2.75, 3.05) is 7.11 Å². The van der Waals surface area contributed by atoms with E-state index >= 15 is 0 Å². The molecule has 0 aliphatic heterocycles. The normalized spacial score (nSPS) is 24.6. The average molecular weight is 293 g/mol. The second kappa shape index (κ2) is 5.75. The van der Waals surface area contributed by atoms with E-state index in [0.717, 1.165) is 18.4 Å². The Bertz CT molecular complexity index is 510. The van der Waals surface area contributed by atoms with Crippen LogP contribution in [0.15, 0.2) is 18.3 Å². The molecule has 6 heteroatoms. The zero-order valence-corrected chi connectivity index (χ0v) is 12.5. The third-order valence-electron chi connectivity index (χ3n) is 3.76. The van der Waals surface area contributed by atoms with Crippen LogP contribution < -0.4 is 15.8 Å². The predicted octanol–water partition coefficient (Wildman–Crippen LogP) is 1.41. The van der Waals surface area contributed by atoms with Gasteiger partial charge in [0.05, 0.1) is 17.5 Å². The van der Waals surface area contributed by atoms with E-state index < -0.39 is 5.41 Å². The lowest BCUT2D eigenvalue weighted by atomic mass is 9.62. The number of nitrogens with one attached hydrogen (secondary N) is 1. The highest BCUT2D eigenvalue weighted by Crippen LogP contribution is 2.45. The molecule has 0 aromatic carbocycles. The van der Waals surface area contributed by atoms with Gasteiger partial charge in [-0.1, -0.05) is 25.2 Å². The monoisotopic (exact) mass is 293 g/mol. The summed E-state index contributed by atoms with van der Waals surface area (Å²) < 4.78 is 4.99. The van der Waals surface area contributed by atoms with Crippen molar-refractivity contribution in [3.8, 4) is 5.88 Å². The Labute approximate surface area is 123 Å². The molecule has 20 heavy (non-hydrogen) atoms. The molecule has 0 atom stereocenters. The molecule has 0 unspecified atom stereocenters. The summed E-state index contributed by atoms with van der Waals surface area (Å²) in [7, 11) is 1.56. The summed E-state index contributed by atoms with van der Waals surface area (Å²) in [4.78, 5) is 16.7. The van der Waals surface area contributed by atoms with E-state index in [1.807, 2.05) is 6.07 Å². The fourth-order valence-corrected chi connectivity index (χ4v) is 2.88. The van der Waals surface area contributed by atoms with Crippen LogP contribution in [0, 0.1) is 11.3 Å². The van der Waals surface area contributed by atoms with Crippen LogP contribution in [0.1, 0.15) is 25.3 Å². The molecule has 1 fully saturated rings. The number of nitrogens with two attached hydrogens (primary N) is 1. The summed E-state index contributed by atoms with van der Waals surface area (Å²) in [5.41, 5.74) is 5.99. The molecule has 3 N–H and O–H groups in total. The van der Waals surface area contributed by atoms with Gasteiger partial charge in [0.15, 0.2) is 0 Å². The molecule has 1 aliphatic carbocycles. The summed E-state index contributed by atoms with van der Waals surface area (Å²) in [6.07, 6.45) is 3.14. The fraction of sp³-hybridized carbons (Fsp3) is 0.500. The zero-order valence-electron chi connectivity index (χ0n) is 11.7. The van der Waals surface area contributed by atoms with Gasteiger partial charge in [0.1, 0.15) is 0 Å². The van der Waals surface area contributed by atoms with E-state index in [4.69, 9.17) is 22.7 Å². The number of ether oxygens (including phenoxy) is 1. The van der Waals surface area contributed by atoms with E-state index in [2.05, 4.69) is 17.2 Å². The van der Waals surface area contributed by atoms with Crippen LogP contribution in [-0.2, 0) is 11.3 Å². The number of pyridine rings is 1. The van der Waals surface area contributed by atoms with Crippen LogP contribution in [-0.4, -0.2) is 23.0 Å². The van der Waals surface area contributed by atoms with E-state index in [1.165, 1.54) is 0 Å². The third kappa shape index (κ3) is 2.75. The lowest BCUT2D eigenvalue weighted by Gasteiger charge is -2.44. The fourth-order valence-electron chi connectivity index (χ4n) is 2.62. The minimum absolute atomic E-state index is 0.0843. The van der Waals surface area contributed by atoms with E-state index in [9.17, 15) is 4.79 Å². The molecule has 0 radical (unpaired) electrons. The maximum Gasteiger partial charge on any atom is 0.233 e. The van der Waals surface area contributed by atoms with Crippen molar-refractivity contribution in [2.45, 2.75) is 26.3 Å². The van der Waals surface area contributed by atoms with Gasteiger partial charge in [0.25, 0.3) is 0 Å². The first kappa shape index (κ1) is 14.7. The van der Waals surface area contributed by atoms with Gasteiger partial charge in [0.2, 0.25) is 11.8 Å². The van der Waals surface area contributed by atoms with Gasteiger partial charge in [0, 0.05) is 18.8 Å². The Morgan fingerprint density at radius 3 is 2.75 bits per heavy atom. The molecule has 1 heterocycles. The number of nitrogens with zero attached hydrogens (tertiary/aromatic N) is 1. The molecule has 0 bridgehead atoms. The topological polar surface area (TPSA) is 77.2 Å². The average Bonchev–Trinajstić information content (AvgIpc) is 2.41. The first-order valence-corrected chi connectivity index (χ1v) is 6.96. The number of hydrogen-bond donors (Lipinski definition) is 2. The number of thiocarbonyl (C=S) groups is 1. The van der Waals surface area contributed by atoms with Crippen LogP contribution in [0.25, 0.3) is 0 Å². The molecule has 1 amide bonds. The standard InChI is InChI=1S/C14H19N3O2S/c1-9-5-14(6-9,12(15)20)13(18)17-8-10-3-4-11(19-2)16-7-10/h3-4,7,9H,5-6,8H2,1-2H3,(H2,15,20)(H,17,18). The largest absolute Gasteiger partial charge is 0.481 e. The molecular weight excluding hydrogens is 274 g/mol. The second-order valence-electron chi connectivity index (χ2n) is 5.35. The summed E-state index contributed by atoms with van der Waals surface area (Å²) in [5.74, 6) is 0.955. The smallest absolute Gasteiger partial charge is 0.233 e. The maximum absolute atomic E-state index is 12.3. The summed E-state index contributed by atoms with van der Waals surface area (Å²) in [5, 5.41) is 2.89. The minimum Gasteiger partial charge on any atom is -0.481 e. The van der Waals surface area contributed by atoms with E-state index in [0.29, 0.717) is 23.3 Å². The van der Waals surface area contributed by atoms with Crippen molar-refractivity contribution in [1.29, 1.82) is 0 Å².